The van der Waals surface area contributed by atoms with Crippen molar-refractivity contribution < 1.29 is 4.79 Å². The molecule has 112 valence electrons. The molecule has 1 heterocycles. The van der Waals surface area contributed by atoms with E-state index in [1.54, 1.807) is 0 Å². The number of hydrogen-bond donors (Lipinski definition) is 1. The van der Waals surface area contributed by atoms with Gasteiger partial charge in [-0.25, -0.2) is 0 Å². The summed E-state index contributed by atoms with van der Waals surface area (Å²) in [5.74, 6) is 0.400. The van der Waals surface area contributed by atoms with Crippen LogP contribution in [0.1, 0.15) is 35.5 Å². The summed E-state index contributed by atoms with van der Waals surface area (Å²) in [5.41, 5.74) is 2.37. The minimum atomic E-state index is 0.0280. The molecule has 1 aromatic carbocycles. The molecule has 1 aromatic heterocycles. The predicted octanol–water partition coefficient (Wildman–Crippen LogP) is 3.51. The largest absolute Gasteiger partial charge is 0.349 e. The van der Waals surface area contributed by atoms with E-state index in [2.05, 4.69) is 53.6 Å². The van der Waals surface area contributed by atoms with Gasteiger partial charge in [-0.2, -0.15) is 0 Å². The minimum Gasteiger partial charge on any atom is -0.349 e. The zero-order chi connectivity index (χ0) is 15.2. The molecule has 1 amide bonds. The van der Waals surface area contributed by atoms with Crippen molar-refractivity contribution >= 4 is 29.0 Å². The Hall–Kier alpha value is -1.40. The first kappa shape index (κ1) is 16.0. The molecule has 0 saturated heterocycles. The maximum Gasteiger partial charge on any atom is 0.230 e. The third-order valence-electron chi connectivity index (χ3n) is 3.06. The summed E-state index contributed by atoms with van der Waals surface area (Å²) < 4.78 is 0.839. The lowest BCUT2D eigenvalue weighted by Gasteiger charge is -2.17. The van der Waals surface area contributed by atoms with Gasteiger partial charge in [-0.1, -0.05) is 59.9 Å². The number of thioether (sulfide) groups is 1. The fraction of sp³-hybridized carbons (Fsp3) is 0.400. The highest BCUT2D eigenvalue weighted by Gasteiger charge is 2.13. The van der Waals surface area contributed by atoms with Crippen molar-refractivity contribution in [1.29, 1.82) is 0 Å². The Morgan fingerprint density at radius 2 is 2.00 bits per heavy atom. The molecule has 0 radical (unpaired) electrons. The highest BCUT2D eigenvalue weighted by atomic mass is 32.2. The molecule has 1 unspecified atom stereocenters. The van der Waals surface area contributed by atoms with Gasteiger partial charge in [0.05, 0.1) is 11.8 Å². The normalized spacial score (nSPS) is 12.1. The van der Waals surface area contributed by atoms with Crippen LogP contribution in [0, 0.1) is 13.8 Å². The molecule has 1 atom stereocenters. The van der Waals surface area contributed by atoms with Crippen LogP contribution < -0.4 is 5.32 Å². The van der Waals surface area contributed by atoms with Crippen LogP contribution in [0.3, 0.4) is 0 Å². The Bertz CT molecular complexity index is 595. The van der Waals surface area contributed by atoms with Crippen LogP contribution >= 0.6 is 23.1 Å². The molecular weight excluding hydrogens is 302 g/mol. The topological polar surface area (TPSA) is 54.9 Å². The van der Waals surface area contributed by atoms with Crippen molar-refractivity contribution in [1.82, 2.24) is 15.5 Å². The molecule has 1 N–H and O–H groups in total. The molecule has 0 saturated carbocycles. The van der Waals surface area contributed by atoms with Crippen LogP contribution in [0.15, 0.2) is 28.6 Å². The molecule has 0 aliphatic heterocycles. The van der Waals surface area contributed by atoms with Gasteiger partial charge in [-0.3, -0.25) is 4.79 Å². The molecule has 0 bridgehead atoms. The number of nitrogens with zero attached hydrogens (tertiary/aromatic N) is 2. The predicted molar refractivity (Wildman–Crippen MR) is 87.7 cm³/mol. The third kappa shape index (κ3) is 4.82. The first-order chi connectivity index (χ1) is 10.1. The van der Waals surface area contributed by atoms with E-state index in [0.717, 1.165) is 21.3 Å². The number of aromatic nitrogens is 2. The van der Waals surface area contributed by atoms with Crippen molar-refractivity contribution in [2.24, 2.45) is 0 Å². The Labute approximate surface area is 133 Å². The number of hydrogen-bond acceptors (Lipinski definition) is 5. The van der Waals surface area contributed by atoms with E-state index >= 15 is 0 Å². The van der Waals surface area contributed by atoms with Gasteiger partial charge < -0.3 is 5.32 Å². The zero-order valence-corrected chi connectivity index (χ0v) is 14.1. The minimum absolute atomic E-state index is 0.0280. The van der Waals surface area contributed by atoms with Gasteiger partial charge in [0, 0.05) is 0 Å². The van der Waals surface area contributed by atoms with Crippen LogP contribution in [0.5, 0.6) is 0 Å². The molecule has 2 aromatic rings. The highest BCUT2D eigenvalue weighted by Crippen LogP contribution is 2.22. The van der Waals surface area contributed by atoms with E-state index in [1.165, 1.54) is 28.7 Å². The molecule has 0 aliphatic rings. The molecule has 21 heavy (non-hydrogen) atoms. The van der Waals surface area contributed by atoms with E-state index < -0.39 is 0 Å². The van der Waals surface area contributed by atoms with Crippen molar-refractivity contribution in [3.63, 3.8) is 0 Å². The maximum atomic E-state index is 12.1. The van der Waals surface area contributed by atoms with Crippen LogP contribution in [-0.2, 0) is 4.79 Å². The van der Waals surface area contributed by atoms with Crippen molar-refractivity contribution in [3.8, 4) is 0 Å². The number of benzene rings is 1. The van der Waals surface area contributed by atoms with Gasteiger partial charge in [-0.15, -0.1) is 10.2 Å². The van der Waals surface area contributed by atoms with E-state index in [-0.39, 0.29) is 11.9 Å². The summed E-state index contributed by atoms with van der Waals surface area (Å²) in [5, 5.41) is 11.9. The number of carbonyl (C=O) groups is 1. The number of nitrogens with one attached hydrogen (secondary N) is 1. The third-order valence-corrected chi connectivity index (χ3v) is 5.03. The Morgan fingerprint density at radius 1 is 1.29 bits per heavy atom. The average molecular weight is 321 g/mol. The summed E-state index contributed by atoms with van der Waals surface area (Å²) in [7, 11) is 0. The standard InChI is InChI=1S/C15H19N3OS2/c1-4-13(12-7-5-10(2)6-8-12)16-14(19)9-20-15-18-17-11(3)21-15/h5-8,13H,4,9H2,1-3H3,(H,16,19). The van der Waals surface area contributed by atoms with E-state index in [0.29, 0.717) is 5.75 Å². The lowest BCUT2D eigenvalue weighted by Crippen LogP contribution is -2.29. The second kappa shape index (κ2) is 7.56. The fourth-order valence-electron chi connectivity index (χ4n) is 1.92. The maximum absolute atomic E-state index is 12.1. The van der Waals surface area contributed by atoms with E-state index in [4.69, 9.17) is 0 Å². The second-order valence-corrected chi connectivity index (χ2v) is 7.22. The van der Waals surface area contributed by atoms with E-state index in [9.17, 15) is 4.79 Å². The molecule has 0 spiro atoms. The second-order valence-electron chi connectivity index (χ2n) is 4.81. The van der Waals surface area contributed by atoms with Crippen molar-refractivity contribution in [3.05, 3.63) is 40.4 Å². The summed E-state index contributed by atoms with van der Waals surface area (Å²) in [6.07, 6.45) is 0.872. The first-order valence-electron chi connectivity index (χ1n) is 6.87. The van der Waals surface area contributed by atoms with Gasteiger partial charge in [-0.05, 0) is 25.8 Å². The number of carbonyl (C=O) groups excluding carboxylic acids is 1. The van der Waals surface area contributed by atoms with Crippen molar-refractivity contribution in [2.75, 3.05) is 5.75 Å². The van der Waals surface area contributed by atoms with Crippen LogP contribution in [-0.4, -0.2) is 21.9 Å². The van der Waals surface area contributed by atoms with Gasteiger partial charge >= 0.3 is 0 Å². The molecule has 0 fully saturated rings. The number of rotatable bonds is 6. The lowest BCUT2D eigenvalue weighted by molar-refractivity contribution is -0.119. The van der Waals surface area contributed by atoms with Crippen molar-refractivity contribution in [2.45, 2.75) is 37.6 Å². The van der Waals surface area contributed by atoms with Crippen LogP contribution in [0.4, 0.5) is 0 Å². The Balaban J connectivity index is 1.89. The smallest absolute Gasteiger partial charge is 0.230 e. The Morgan fingerprint density at radius 3 is 2.57 bits per heavy atom. The highest BCUT2D eigenvalue weighted by molar-refractivity contribution is 8.01. The van der Waals surface area contributed by atoms with Crippen LogP contribution in [0.2, 0.25) is 0 Å². The fourth-order valence-corrected chi connectivity index (χ4v) is 3.55. The Kier molecular flexibility index (Phi) is 5.76. The summed E-state index contributed by atoms with van der Waals surface area (Å²) in [6.45, 7) is 6.04. The molecule has 0 aliphatic carbocycles. The molecule has 4 nitrogen and oxygen atoms in total. The van der Waals surface area contributed by atoms with E-state index in [1.807, 2.05) is 6.92 Å². The monoisotopic (exact) mass is 321 g/mol. The van der Waals surface area contributed by atoms with Crippen LogP contribution in [0.25, 0.3) is 0 Å². The quantitative estimate of drug-likeness (QED) is 0.827. The summed E-state index contributed by atoms with van der Waals surface area (Å²) in [6, 6.07) is 8.36. The SMILES string of the molecule is CCC(NC(=O)CSc1nnc(C)s1)c1ccc(C)cc1. The van der Waals surface area contributed by atoms with Gasteiger partial charge in [0.2, 0.25) is 5.91 Å². The molecule has 2 rings (SSSR count). The van der Waals surface area contributed by atoms with Gasteiger partial charge in [0.25, 0.3) is 0 Å². The first-order valence-corrected chi connectivity index (χ1v) is 8.67. The zero-order valence-electron chi connectivity index (χ0n) is 12.4. The molecule has 6 heteroatoms. The summed E-state index contributed by atoms with van der Waals surface area (Å²) >= 11 is 2.95. The molecular formula is C15H19N3OS2. The summed E-state index contributed by atoms with van der Waals surface area (Å²) in [4.78, 5) is 12.1. The van der Waals surface area contributed by atoms with Gasteiger partial charge in [0.1, 0.15) is 5.01 Å². The lowest BCUT2D eigenvalue weighted by atomic mass is 10.0. The number of amides is 1. The average Bonchev–Trinajstić information content (AvgIpc) is 2.89. The number of aryl methyl sites for hydroxylation is 2. The van der Waals surface area contributed by atoms with Gasteiger partial charge in [0.15, 0.2) is 4.34 Å².